The summed E-state index contributed by atoms with van der Waals surface area (Å²) in [5.41, 5.74) is 5.66. The SMILES string of the molecule is CC(N)c1nnnn1C1CC1. The lowest BCUT2D eigenvalue weighted by Crippen LogP contribution is -2.13. The summed E-state index contributed by atoms with van der Waals surface area (Å²) in [4.78, 5) is 0. The number of aromatic nitrogens is 4. The van der Waals surface area contributed by atoms with Crippen LogP contribution in [0.3, 0.4) is 0 Å². The highest BCUT2D eigenvalue weighted by molar-refractivity contribution is 4.93. The van der Waals surface area contributed by atoms with Gasteiger partial charge >= 0.3 is 0 Å². The van der Waals surface area contributed by atoms with E-state index in [1.807, 2.05) is 11.6 Å². The smallest absolute Gasteiger partial charge is 0.167 e. The summed E-state index contributed by atoms with van der Waals surface area (Å²) in [7, 11) is 0. The molecule has 1 unspecified atom stereocenters. The van der Waals surface area contributed by atoms with E-state index in [-0.39, 0.29) is 6.04 Å². The van der Waals surface area contributed by atoms with Crippen molar-refractivity contribution in [3.05, 3.63) is 5.82 Å². The Hall–Kier alpha value is -0.970. The van der Waals surface area contributed by atoms with Gasteiger partial charge in [-0.2, -0.15) is 0 Å². The maximum absolute atomic E-state index is 5.66. The molecule has 5 heteroatoms. The van der Waals surface area contributed by atoms with Gasteiger partial charge in [0.15, 0.2) is 5.82 Å². The molecular formula is C6H11N5. The van der Waals surface area contributed by atoms with Crippen LogP contribution in [0.15, 0.2) is 0 Å². The molecule has 0 amide bonds. The fourth-order valence-electron chi connectivity index (χ4n) is 1.08. The Morgan fingerprint density at radius 3 is 2.91 bits per heavy atom. The second-order valence-electron chi connectivity index (χ2n) is 3.00. The second kappa shape index (κ2) is 2.27. The van der Waals surface area contributed by atoms with Crippen LogP contribution < -0.4 is 5.73 Å². The van der Waals surface area contributed by atoms with Crippen LogP contribution in [-0.2, 0) is 0 Å². The third-order valence-corrected chi connectivity index (χ3v) is 1.82. The Balaban J connectivity index is 2.30. The van der Waals surface area contributed by atoms with Gasteiger partial charge in [-0.25, -0.2) is 4.68 Å². The van der Waals surface area contributed by atoms with Gasteiger partial charge in [-0.3, -0.25) is 0 Å². The van der Waals surface area contributed by atoms with Gasteiger partial charge in [0.05, 0.1) is 12.1 Å². The molecule has 1 aromatic heterocycles. The first kappa shape index (κ1) is 6.72. The van der Waals surface area contributed by atoms with Crippen molar-refractivity contribution in [2.75, 3.05) is 0 Å². The van der Waals surface area contributed by atoms with Gasteiger partial charge in [0.2, 0.25) is 0 Å². The van der Waals surface area contributed by atoms with Crippen LogP contribution in [0.5, 0.6) is 0 Å². The van der Waals surface area contributed by atoms with Crippen molar-refractivity contribution in [2.45, 2.75) is 31.8 Å². The van der Waals surface area contributed by atoms with Crippen LogP contribution in [0.1, 0.15) is 37.7 Å². The van der Waals surface area contributed by atoms with Crippen molar-refractivity contribution in [1.29, 1.82) is 0 Å². The van der Waals surface area contributed by atoms with E-state index < -0.39 is 0 Å². The third-order valence-electron chi connectivity index (χ3n) is 1.82. The molecule has 0 spiro atoms. The summed E-state index contributed by atoms with van der Waals surface area (Å²) in [6.45, 7) is 1.89. The normalized spacial score (nSPS) is 20.2. The quantitative estimate of drug-likeness (QED) is 0.650. The number of hydrogen-bond donors (Lipinski definition) is 1. The highest BCUT2D eigenvalue weighted by Gasteiger charge is 2.28. The Morgan fingerprint density at radius 2 is 2.36 bits per heavy atom. The van der Waals surface area contributed by atoms with E-state index >= 15 is 0 Å². The first-order valence-electron chi connectivity index (χ1n) is 3.82. The molecule has 1 aliphatic carbocycles. The molecule has 2 N–H and O–H groups in total. The van der Waals surface area contributed by atoms with Crippen LogP contribution in [0, 0.1) is 0 Å². The van der Waals surface area contributed by atoms with Crippen LogP contribution >= 0.6 is 0 Å². The summed E-state index contributed by atoms with van der Waals surface area (Å²) in [5.74, 6) is 0.799. The van der Waals surface area contributed by atoms with Gasteiger partial charge in [-0.05, 0) is 30.2 Å². The Labute approximate surface area is 64.6 Å². The van der Waals surface area contributed by atoms with Gasteiger partial charge in [0.1, 0.15) is 0 Å². The van der Waals surface area contributed by atoms with E-state index in [0.717, 1.165) is 5.82 Å². The molecule has 1 atom stereocenters. The molecule has 0 aliphatic heterocycles. The van der Waals surface area contributed by atoms with Gasteiger partial charge in [-0.15, -0.1) is 5.10 Å². The van der Waals surface area contributed by atoms with E-state index in [9.17, 15) is 0 Å². The van der Waals surface area contributed by atoms with Crippen LogP contribution in [0.4, 0.5) is 0 Å². The maximum Gasteiger partial charge on any atom is 0.167 e. The lowest BCUT2D eigenvalue weighted by atomic mass is 10.3. The van der Waals surface area contributed by atoms with Gasteiger partial charge in [0.25, 0.3) is 0 Å². The van der Waals surface area contributed by atoms with E-state index in [4.69, 9.17) is 5.73 Å². The summed E-state index contributed by atoms with van der Waals surface area (Å²) in [5, 5.41) is 11.3. The zero-order chi connectivity index (χ0) is 7.84. The molecular weight excluding hydrogens is 142 g/mol. The molecule has 2 rings (SSSR count). The molecule has 0 radical (unpaired) electrons. The van der Waals surface area contributed by atoms with Crippen molar-refractivity contribution >= 4 is 0 Å². The number of rotatable bonds is 2. The number of tetrazole rings is 1. The van der Waals surface area contributed by atoms with E-state index in [1.54, 1.807) is 0 Å². The maximum atomic E-state index is 5.66. The monoisotopic (exact) mass is 153 g/mol. The molecule has 1 fully saturated rings. The van der Waals surface area contributed by atoms with E-state index in [0.29, 0.717) is 6.04 Å². The first-order valence-corrected chi connectivity index (χ1v) is 3.82. The molecule has 1 saturated carbocycles. The minimum absolute atomic E-state index is 0.0643. The lowest BCUT2D eigenvalue weighted by Gasteiger charge is -2.03. The fourth-order valence-corrected chi connectivity index (χ4v) is 1.08. The molecule has 5 nitrogen and oxygen atoms in total. The summed E-state index contributed by atoms with van der Waals surface area (Å²) in [6, 6.07) is 0.455. The van der Waals surface area contributed by atoms with Crippen LogP contribution in [0.25, 0.3) is 0 Å². The van der Waals surface area contributed by atoms with Crippen molar-refractivity contribution < 1.29 is 0 Å². The Bertz CT molecular complexity index is 233. The van der Waals surface area contributed by atoms with Crippen molar-refractivity contribution in [3.8, 4) is 0 Å². The molecule has 1 aromatic rings. The second-order valence-corrected chi connectivity index (χ2v) is 3.00. The minimum Gasteiger partial charge on any atom is -0.322 e. The van der Waals surface area contributed by atoms with Crippen molar-refractivity contribution in [2.24, 2.45) is 5.73 Å². The Kier molecular flexibility index (Phi) is 1.38. The van der Waals surface area contributed by atoms with Crippen molar-refractivity contribution in [1.82, 2.24) is 20.2 Å². The third kappa shape index (κ3) is 1.11. The van der Waals surface area contributed by atoms with Crippen LogP contribution in [0.2, 0.25) is 0 Å². The standard InChI is InChI=1S/C6H11N5/c1-4(7)6-8-9-10-11(6)5-2-3-5/h4-5H,2-3,7H2,1H3. The highest BCUT2D eigenvalue weighted by atomic mass is 15.6. The fraction of sp³-hybridized carbons (Fsp3) is 0.833. The Morgan fingerprint density at radius 1 is 1.64 bits per heavy atom. The molecule has 1 heterocycles. The zero-order valence-electron chi connectivity index (χ0n) is 6.44. The van der Waals surface area contributed by atoms with Gasteiger partial charge < -0.3 is 5.73 Å². The average Bonchev–Trinajstić information content (AvgIpc) is 2.68. The van der Waals surface area contributed by atoms with E-state index in [2.05, 4.69) is 15.5 Å². The highest BCUT2D eigenvalue weighted by Crippen LogP contribution is 2.34. The largest absolute Gasteiger partial charge is 0.322 e. The number of nitrogens with two attached hydrogens (primary N) is 1. The number of nitrogens with zero attached hydrogens (tertiary/aromatic N) is 4. The molecule has 1 aliphatic rings. The molecule has 0 aromatic carbocycles. The van der Waals surface area contributed by atoms with Gasteiger partial charge in [-0.1, -0.05) is 0 Å². The summed E-state index contributed by atoms with van der Waals surface area (Å²) >= 11 is 0. The number of hydrogen-bond acceptors (Lipinski definition) is 4. The van der Waals surface area contributed by atoms with Crippen LogP contribution in [-0.4, -0.2) is 20.2 Å². The predicted molar refractivity (Wildman–Crippen MR) is 38.7 cm³/mol. The van der Waals surface area contributed by atoms with E-state index in [1.165, 1.54) is 12.8 Å². The predicted octanol–water partition coefficient (Wildman–Crippen LogP) is 0.0277. The molecule has 60 valence electrons. The molecule has 0 saturated heterocycles. The zero-order valence-corrected chi connectivity index (χ0v) is 6.44. The average molecular weight is 153 g/mol. The first-order chi connectivity index (χ1) is 5.29. The van der Waals surface area contributed by atoms with Crippen molar-refractivity contribution in [3.63, 3.8) is 0 Å². The molecule has 11 heavy (non-hydrogen) atoms. The van der Waals surface area contributed by atoms with Gasteiger partial charge in [0, 0.05) is 0 Å². The summed E-state index contributed by atoms with van der Waals surface area (Å²) < 4.78 is 1.84. The summed E-state index contributed by atoms with van der Waals surface area (Å²) in [6.07, 6.45) is 2.37. The topological polar surface area (TPSA) is 69.6 Å². The molecule has 0 bridgehead atoms. The lowest BCUT2D eigenvalue weighted by molar-refractivity contribution is 0.557. The minimum atomic E-state index is -0.0643.